The Morgan fingerprint density at radius 1 is 1.50 bits per heavy atom. The molecule has 2 aromatic rings. The number of nitrogens with one attached hydrogen (secondary N) is 1. The maximum atomic E-state index is 12.4. The van der Waals surface area contributed by atoms with E-state index in [0.29, 0.717) is 23.0 Å². The zero-order valence-corrected chi connectivity index (χ0v) is 14.0. The van der Waals surface area contributed by atoms with Crippen LogP contribution in [-0.4, -0.2) is 31.5 Å². The second-order valence-electron chi connectivity index (χ2n) is 5.43. The molecule has 1 N–H and O–H groups in total. The number of aryl methyl sites for hydroxylation is 2. The zero-order chi connectivity index (χ0) is 16.1. The number of carbonyl (C=O) groups excluding carboxylic acids is 1. The lowest BCUT2D eigenvalue weighted by molar-refractivity contribution is 0.0935. The summed E-state index contributed by atoms with van der Waals surface area (Å²) in [4.78, 5) is 12.4. The van der Waals surface area contributed by atoms with Crippen molar-refractivity contribution in [3.8, 4) is 0 Å². The molecule has 1 amide bonds. The van der Waals surface area contributed by atoms with Gasteiger partial charge in [-0.2, -0.15) is 10.2 Å². The van der Waals surface area contributed by atoms with Gasteiger partial charge in [0.05, 0.1) is 17.8 Å². The highest BCUT2D eigenvalue weighted by Gasteiger charge is 2.21. The SMILES string of the molecule is CCCCn1nc(C)c(C(=O)N[C@@H](C)Cn2cccn2)c1Cl. The molecule has 7 heteroatoms. The molecular formula is C15H22ClN5O. The third kappa shape index (κ3) is 3.88. The van der Waals surface area contributed by atoms with Gasteiger partial charge < -0.3 is 5.32 Å². The highest BCUT2D eigenvalue weighted by atomic mass is 35.5. The Morgan fingerprint density at radius 2 is 2.27 bits per heavy atom. The van der Waals surface area contributed by atoms with E-state index in [1.807, 2.05) is 19.2 Å². The minimum atomic E-state index is -0.190. The van der Waals surface area contributed by atoms with Gasteiger partial charge in [0.15, 0.2) is 0 Å². The smallest absolute Gasteiger partial charge is 0.256 e. The van der Waals surface area contributed by atoms with Crippen LogP contribution in [0.5, 0.6) is 0 Å². The van der Waals surface area contributed by atoms with Crippen LogP contribution in [0.2, 0.25) is 5.15 Å². The zero-order valence-electron chi connectivity index (χ0n) is 13.2. The number of hydrogen-bond donors (Lipinski definition) is 1. The number of halogens is 1. The average Bonchev–Trinajstić information content (AvgIpc) is 3.04. The minimum Gasteiger partial charge on any atom is -0.348 e. The fraction of sp³-hybridized carbons (Fsp3) is 0.533. The molecule has 2 rings (SSSR count). The Morgan fingerprint density at radius 3 is 2.91 bits per heavy atom. The van der Waals surface area contributed by atoms with Crippen molar-refractivity contribution in [2.45, 2.75) is 52.7 Å². The molecule has 6 nitrogen and oxygen atoms in total. The molecule has 2 aromatic heterocycles. The monoisotopic (exact) mass is 323 g/mol. The van der Waals surface area contributed by atoms with E-state index in [9.17, 15) is 4.79 Å². The van der Waals surface area contributed by atoms with Crippen LogP contribution in [0.25, 0.3) is 0 Å². The molecule has 2 heterocycles. The van der Waals surface area contributed by atoms with Crippen LogP contribution in [0.1, 0.15) is 42.7 Å². The van der Waals surface area contributed by atoms with Crippen molar-refractivity contribution in [3.05, 3.63) is 34.9 Å². The highest BCUT2D eigenvalue weighted by molar-refractivity contribution is 6.33. The Bertz CT molecular complexity index is 620. The van der Waals surface area contributed by atoms with Gasteiger partial charge in [-0.25, -0.2) is 0 Å². The third-order valence-electron chi connectivity index (χ3n) is 3.41. The maximum absolute atomic E-state index is 12.4. The first-order valence-electron chi connectivity index (χ1n) is 7.54. The van der Waals surface area contributed by atoms with Crippen LogP contribution in [-0.2, 0) is 13.1 Å². The lowest BCUT2D eigenvalue weighted by atomic mass is 10.2. The van der Waals surface area contributed by atoms with Crippen molar-refractivity contribution < 1.29 is 4.79 Å². The molecule has 0 saturated carbocycles. The number of hydrogen-bond acceptors (Lipinski definition) is 3. The predicted molar refractivity (Wildman–Crippen MR) is 86.0 cm³/mol. The summed E-state index contributed by atoms with van der Waals surface area (Å²) in [6.07, 6.45) is 5.62. The van der Waals surface area contributed by atoms with E-state index < -0.39 is 0 Å². The quantitative estimate of drug-likeness (QED) is 0.852. The molecule has 0 saturated heterocycles. The number of rotatable bonds is 7. The van der Waals surface area contributed by atoms with Gasteiger partial charge in [0.2, 0.25) is 0 Å². The van der Waals surface area contributed by atoms with Gasteiger partial charge in [0.25, 0.3) is 5.91 Å². The maximum Gasteiger partial charge on any atom is 0.256 e. The van der Waals surface area contributed by atoms with Crippen molar-refractivity contribution in [1.82, 2.24) is 24.9 Å². The molecule has 0 aliphatic rings. The van der Waals surface area contributed by atoms with Crippen LogP contribution in [0, 0.1) is 6.92 Å². The molecular weight excluding hydrogens is 302 g/mol. The van der Waals surface area contributed by atoms with E-state index in [4.69, 9.17) is 11.6 Å². The molecule has 1 atom stereocenters. The lowest BCUT2D eigenvalue weighted by Crippen LogP contribution is -2.36. The number of unbranched alkanes of at least 4 members (excludes halogenated alkanes) is 1. The van der Waals surface area contributed by atoms with Crippen molar-refractivity contribution >= 4 is 17.5 Å². The van der Waals surface area contributed by atoms with E-state index >= 15 is 0 Å². The molecule has 120 valence electrons. The van der Waals surface area contributed by atoms with Gasteiger partial charge in [0.1, 0.15) is 5.15 Å². The average molecular weight is 324 g/mol. The van der Waals surface area contributed by atoms with Crippen molar-refractivity contribution in [2.24, 2.45) is 0 Å². The van der Waals surface area contributed by atoms with Gasteiger partial charge in [-0.1, -0.05) is 24.9 Å². The first kappa shape index (κ1) is 16.5. The largest absolute Gasteiger partial charge is 0.348 e. The third-order valence-corrected chi connectivity index (χ3v) is 3.80. The molecule has 0 radical (unpaired) electrons. The van der Waals surface area contributed by atoms with Crippen molar-refractivity contribution in [3.63, 3.8) is 0 Å². The van der Waals surface area contributed by atoms with Crippen LogP contribution in [0.15, 0.2) is 18.5 Å². The van der Waals surface area contributed by atoms with Crippen molar-refractivity contribution in [2.75, 3.05) is 0 Å². The predicted octanol–water partition coefficient (Wildman–Crippen LogP) is 2.66. The van der Waals surface area contributed by atoms with Crippen LogP contribution in [0.4, 0.5) is 0 Å². The second kappa shape index (κ2) is 7.45. The molecule has 0 spiro atoms. The molecule has 0 bridgehead atoms. The van der Waals surface area contributed by atoms with Crippen LogP contribution >= 0.6 is 11.6 Å². The topological polar surface area (TPSA) is 64.7 Å². The summed E-state index contributed by atoms with van der Waals surface area (Å²) in [6.45, 7) is 7.19. The van der Waals surface area contributed by atoms with Gasteiger partial charge in [-0.15, -0.1) is 0 Å². The summed E-state index contributed by atoms with van der Waals surface area (Å²) in [5, 5.41) is 11.8. The summed E-state index contributed by atoms with van der Waals surface area (Å²) in [7, 11) is 0. The summed E-state index contributed by atoms with van der Waals surface area (Å²) in [5.41, 5.74) is 1.12. The Labute approximate surface area is 135 Å². The van der Waals surface area contributed by atoms with Gasteiger partial charge in [-0.3, -0.25) is 14.2 Å². The van der Waals surface area contributed by atoms with Gasteiger partial charge >= 0.3 is 0 Å². The van der Waals surface area contributed by atoms with Gasteiger partial charge in [-0.05, 0) is 26.3 Å². The fourth-order valence-electron chi connectivity index (χ4n) is 2.30. The molecule has 0 aliphatic carbocycles. The minimum absolute atomic E-state index is 0.0538. The Balaban J connectivity index is 2.04. The fourth-order valence-corrected chi connectivity index (χ4v) is 2.64. The number of carbonyl (C=O) groups is 1. The highest BCUT2D eigenvalue weighted by Crippen LogP contribution is 2.20. The summed E-state index contributed by atoms with van der Waals surface area (Å²) < 4.78 is 3.48. The lowest BCUT2D eigenvalue weighted by Gasteiger charge is -2.14. The molecule has 0 fully saturated rings. The normalized spacial score (nSPS) is 12.4. The molecule has 0 aliphatic heterocycles. The van der Waals surface area contributed by atoms with E-state index in [0.717, 1.165) is 19.4 Å². The summed E-state index contributed by atoms with van der Waals surface area (Å²) in [6, 6.07) is 1.80. The summed E-state index contributed by atoms with van der Waals surface area (Å²) in [5.74, 6) is -0.190. The van der Waals surface area contributed by atoms with E-state index in [1.165, 1.54) is 0 Å². The van der Waals surface area contributed by atoms with E-state index in [1.54, 1.807) is 22.5 Å². The molecule has 22 heavy (non-hydrogen) atoms. The van der Waals surface area contributed by atoms with E-state index in [2.05, 4.69) is 22.4 Å². The number of amides is 1. The molecule has 0 aromatic carbocycles. The first-order chi connectivity index (χ1) is 10.5. The number of nitrogens with zero attached hydrogens (tertiary/aromatic N) is 4. The Kier molecular flexibility index (Phi) is 5.60. The van der Waals surface area contributed by atoms with Crippen LogP contribution in [0.3, 0.4) is 0 Å². The van der Waals surface area contributed by atoms with Gasteiger partial charge in [0, 0.05) is 25.0 Å². The van der Waals surface area contributed by atoms with Crippen LogP contribution < -0.4 is 5.32 Å². The molecule has 0 unspecified atom stereocenters. The second-order valence-corrected chi connectivity index (χ2v) is 5.79. The first-order valence-corrected chi connectivity index (χ1v) is 7.92. The standard InChI is InChI=1S/C15H22ClN5O/c1-4-5-9-21-14(16)13(12(3)19-21)15(22)18-11(2)10-20-8-6-7-17-20/h6-8,11H,4-5,9-10H2,1-3H3,(H,18,22)/t11-/m0/s1. The number of aromatic nitrogens is 4. The summed E-state index contributed by atoms with van der Waals surface area (Å²) >= 11 is 6.31. The van der Waals surface area contributed by atoms with E-state index in [-0.39, 0.29) is 11.9 Å². The Hall–Kier alpha value is -1.82. The van der Waals surface area contributed by atoms with Crippen molar-refractivity contribution in [1.29, 1.82) is 0 Å².